The average molecular weight is 280 g/mol. The fourth-order valence-corrected chi connectivity index (χ4v) is 4.06. The number of rotatable bonds is 7. The molecule has 0 saturated carbocycles. The molecule has 2 rings (SSSR count). The number of aromatic nitrogens is 1. The van der Waals surface area contributed by atoms with Crippen molar-refractivity contribution in [2.75, 3.05) is 12.8 Å². The molecule has 0 aliphatic carbocycles. The number of hydrogen-bond acceptors (Lipinski definition) is 4. The van der Waals surface area contributed by atoms with Crippen LogP contribution in [0.3, 0.4) is 0 Å². The van der Waals surface area contributed by atoms with Crippen LogP contribution in [0.4, 0.5) is 0 Å². The van der Waals surface area contributed by atoms with Crippen LogP contribution in [0.2, 0.25) is 0 Å². The predicted molar refractivity (Wildman–Crippen MR) is 82.7 cm³/mol. The van der Waals surface area contributed by atoms with Gasteiger partial charge in [-0.3, -0.25) is 0 Å². The first-order valence-corrected chi connectivity index (χ1v) is 8.29. The summed E-state index contributed by atoms with van der Waals surface area (Å²) in [5, 5.41) is 3.35. The lowest BCUT2D eigenvalue weighted by atomic mass is 10.1. The Bertz CT molecular complexity index is 444. The molecule has 1 N–H and O–H groups in total. The summed E-state index contributed by atoms with van der Waals surface area (Å²) in [6.45, 7) is 2.24. The van der Waals surface area contributed by atoms with Crippen molar-refractivity contribution in [3.05, 3.63) is 24.3 Å². The van der Waals surface area contributed by atoms with Crippen LogP contribution in [0.25, 0.3) is 10.2 Å². The third-order valence-corrected chi connectivity index (χ3v) is 5.36. The summed E-state index contributed by atoms with van der Waals surface area (Å²) >= 11 is 3.69. The van der Waals surface area contributed by atoms with Crippen LogP contribution < -0.4 is 5.32 Å². The second-order valence-electron chi connectivity index (χ2n) is 4.33. The summed E-state index contributed by atoms with van der Waals surface area (Å²) < 4.78 is 2.50. The van der Waals surface area contributed by atoms with Crippen molar-refractivity contribution in [3.8, 4) is 0 Å². The maximum absolute atomic E-state index is 4.64. The Kier molecular flexibility index (Phi) is 5.47. The van der Waals surface area contributed by atoms with E-state index in [0.29, 0.717) is 6.04 Å². The molecule has 0 spiro atoms. The Morgan fingerprint density at radius 3 is 2.94 bits per heavy atom. The van der Waals surface area contributed by atoms with Gasteiger partial charge in [-0.05, 0) is 38.4 Å². The van der Waals surface area contributed by atoms with Gasteiger partial charge in [-0.1, -0.05) is 30.8 Å². The number of benzene rings is 1. The lowest BCUT2D eigenvalue weighted by molar-refractivity contribution is 0.504. The van der Waals surface area contributed by atoms with Crippen LogP contribution in [0, 0.1) is 0 Å². The van der Waals surface area contributed by atoms with Crippen molar-refractivity contribution in [3.63, 3.8) is 0 Å². The standard InChI is InChI=1S/C14H20N2S2/c1-3-11(15-2)7-6-10-17-14-16-12-8-4-5-9-13(12)18-14/h4-5,8-9,11,15H,3,6-7,10H2,1-2H3. The molecule has 1 atom stereocenters. The maximum Gasteiger partial charge on any atom is 0.151 e. The lowest BCUT2D eigenvalue weighted by Gasteiger charge is -2.12. The molecule has 0 fully saturated rings. The van der Waals surface area contributed by atoms with E-state index in [4.69, 9.17) is 0 Å². The fraction of sp³-hybridized carbons (Fsp3) is 0.500. The van der Waals surface area contributed by atoms with Gasteiger partial charge in [0.2, 0.25) is 0 Å². The molecule has 1 aromatic carbocycles. The highest BCUT2D eigenvalue weighted by Crippen LogP contribution is 2.29. The van der Waals surface area contributed by atoms with E-state index >= 15 is 0 Å². The molecular formula is C14H20N2S2. The van der Waals surface area contributed by atoms with Gasteiger partial charge in [-0.25, -0.2) is 4.98 Å². The van der Waals surface area contributed by atoms with E-state index in [2.05, 4.69) is 48.5 Å². The Morgan fingerprint density at radius 1 is 1.39 bits per heavy atom. The number of thioether (sulfide) groups is 1. The van der Waals surface area contributed by atoms with E-state index in [1.165, 1.54) is 28.3 Å². The second kappa shape index (κ2) is 7.12. The largest absolute Gasteiger partial charge is 0.317 e. The first-order valence-electron chi connectivity index (χ1n) is 6.49. The third kappa shape index (κ3) is 3.70. The van der Waals surface area contributed by atoms with Crippen molar-refractivity contribution in [2.24, 2.45) is 0 Å². The fourth-order valence-electron chi connectivity index (χ4n) is 1.95. The molecule has 1 unspecified atom stereocenters. The lowest BCUT2D eigenvalue weighted by Crippen LogP contribution is -2.23. The van der Waals surface area contributed by atoms with Gasteiger partial charge in [0.25, 0.3) is 0 Å². The molecule has 18 heavy (non-hydrogen) atoms. The van der Waals surface area contributed by atoms with Gasteiger partial charge >= 0.3 is 0 Å². The highest BCUT2D eigenvalue weighted by molar-refractivity contribution is 8.01. The number of fused-ring (bicyclic) bond motifs is 1. The van der Waals surface area contributed by atoms with E-state index in [-0.39, 0.29) is 0 Å². The van der Waals surface area contributed by atoms with Gasteiger partial charge in [-0.2, -0.15) is 0 Å². The van der Waals surface area contributed by atoms with Crippen molar-refractivity contribution in [1.82, 2.24) is 10.3 Å². The van der Waals surface area contributed by atoms with Crippen molar-refractivity contribution in [2.45, 2.75) is 36.6 Å². The summed E-state index contributed by atoms with van der Waals surface area (Å²) in [5.74, 6) is 1.16. The minimum absolute atomic E-state index is 0.668. The SMILES string of the molecule is CCC(CCCSc1nc2ccccc2s1)NC. The quantitative estimate of drug-likeness (QED) is 0.609. The summed E-state index contributed by atoms with van der Waals surface area (Å²) in [6.07, 6.45) is 3.72. The number of para-hydroxylation sites is 1. The molecule has 1 heterocycles. The zero-order valence-corrected chi connectivity index (χ0v) is 12.6. The number of nitrogens with zero attached hydrogens (tertiary/aromatic N) is 1. The Balaban J connectivity index is 1.80. The van der Waals surface area contributed by atoms with Gasteiger partial charge in [-0.15, -0.1) is 11.3 Å². The van der Waals surface area contributed by atoms with Gasteiger partial charge in [0.05, 0.1) is 10.2 Å². The molecule has 1 aromatic heterocycles. The van der Waals surface area contributed by atoms with Crippen molar-refractivity contribution in [1.29, 1.82) is 0 Å². The van der Waals surface area contributed by atoms with Crippen LogP contribution >= 0.6 is 23.1 Å². The van der Waals surface area contributed by atoms with E-state index < -0.39 is 0 Å². The zero-order valence-electron chi connectivity index (χ0n) is 11.0. The Labute approximate surface area is 117 Å². The molecular weight excluding hydrogens is 260 g/mol. The molecule has 0 aliphatic rings. The number of thiazole rings is 1. The number of nitrogens with one attached hydrogen (secondary N) is 1. The van der Waals surface area contributed by atoms with Gasteiger partial charge in [0.1, 0.15) is 0 Å². The van der Waals surface area contributed by atoms with Crippen LogP contribution in [0.15, 0.2) is 28.6 Å². The highest BCUT2D eigenvalue weighted by atomic mass is 32.2. The molecule has 2 nitrogen and oxygen atoms in total. The average Bonchev–Trinajstić information content (AvgIpc) is 2.81. The molecule has 0 aliphatic heterocycles. The summed E-state index contributed by atoms with van der Waals surface area (Å²) in [6, 6.07) is 9.03. The molecule has 4 heteroatoms. The van der Waals surface area contributed by atoms with E-state index in [9.17, 15) is 0 Å². The first kappa shape index (κ1) is 13.8. The number of hydrogen-bond donors (Lipinski definition) is 1. The van der Waals surface area contributed by atoms with Crippen LogP contribution in [-0.4, -0.2) is 23.8 Å². The van der Waals surface area contributed by atoms with Gasteiger partial charge < -0.3 is 5.32 Å². The molecule has 0 bridgehead atoms. The predicted octanol–water partition coefficient (Wildman–Crippen LogP) is 4.17. The molecule has 2 aromatic rings. The Morgan fingerprint density at radius 2 is 2.22 bits per heavy atom. The first-order chi connectivity index (χ1) is 8.83. The molecule has 0 saturated heterocycles. The minimum Gasteiger partial charge on any atom is -0.317 e. The van der Waals surface area contributed by atoms with Crippen LogP contribution in [0.1, 0.15) is 26.2 Å². The van der Waals surface area contributed by atoms with Crippen molar-refractivity contribution < 1.29 is 0 Å². The van der Waals surface area contributed by atoms with Crippen LogP contribution in [0.5, 0.6) is 0 Å². The summed E-state index contributed by atoms with van der Waals surface area (Å²) in [7, 11) is 2.05. The van der Waals surface area contributed by atoms with Crippen LogP contribution in [-0.2, 0) is 0 Å². The van der Waals surface area contributed by atoms with Gasteiger partial charge in [0.15, 0.2) is 4.34 Å². The summed E-state index contributed by atoms with van der Waals surface area (Å²) in [5.41, 5.74) is 1.13. The van der Waals surface area contributed by atoms with E-state index in [1.54, 1.807) is 11.3 Å². The topological polar surface area (TPSA) is 24.9 Å². The normalized spacial score (nSPS) is 13.0. The monoisotopic (exact) mass is 280 g/mol. The maximum atomic E-state index is 4.64. The smallest absolute Gasteiger partial charge is 0.151 e. The van der Waals surface area contributed by atoms with Crippen molar-refractivity contribution >= 4 is 33.3 Å². The van der Waals surface area contributed by atoms with E-state index in [1.807, 2.05) is 11.8 Å². The molecule has 98 valence electrons. The highest BCUT2D eigenvalue weighted by Gasteiger charge is 2.05. The third-order valence-electron chi connectivity index (χ3n) is 3.10. The minimum atomic E-state index is 0.668. The Hall–Kier alpha value is -0.580. The zero-order chi connectivity index (χ0) is 12.8. The second-order valence-corrected chi connectivity index (χ2v) is 6.70. The van der Waals surface area contributed by atoms with Gasteiger partial charge in [0, 0.05) is 11.8 Å². The van der Waals surface area contributed by atoms with E-state index in [0.717, 1.165) is 11.3 Å². The molecule has 0 radical (unpaired) electrons. The molecule has 0 amide bonds. The summed E-state index contributed by atoms with van der Waals surface area (Å²) in [4.78, 5) is 4.64.